The summed E-state index contributed by atoms with van der Waals surface area (Å²) >= 11 is 1.84. The first-order chi connectivity index (χ1) is 8.43. The van der Waals surface area contributed by atoms with Gasteiger partial charge in [-0.3, -0.25) is 4.99 Å². The van der Waals surface area contributed by atoms with Crippen LogP contribution in [-0.2, 0) is 5.75 Å². The summed E-state index contributed by atoms with van der Waals surface area (Å²) in [6.45, 7) is 1.97. The maximum atomic E-state index is 4.22. The second-order valence-electron chi connectivity index (χ2n) is 4.07. The third-order valence-corrected chi connectivity index (χ3v) is 3.97. The molecule has 0 aromatic heterocycles. The van der Waals surface area contributed by atoms with Gasteiger partial charge in [0.05, 0.1) is 19.4 Å². The molecule has 2 nitrogen and oxygen atoms in total. The highest BCUT2D eigenvalue weighted by Crippen LogP contribution is 2.24. The number of aliphatic imine (C=N–C) groups is 1. The molecule has 0 unspecified atom stereocenters. The third-order valence-electron chi connectivity index (χ3n) is 2.93. The molecule has 0 N–H and O–H groups in total. The Balaban J connectivity index is 1.82. The van der Waals surface area contributed by atoms with Crippen molar-refractivity contribution in [1.82, 2.24) is 4.31 Å². The molecule has 0 bridgehead atoms. The van der Waals surface area contributed by atoms with Crippen molar-refractivity contribution in [1.29, 1.82) is 0 Å². The second-order valence-corrected chi connectivity index (χ2v) is 5.09. The standard InChI is InChI=1S/C14H14N2S/c1-2-7-14-12(4-1)5-3-6-13(14)10-17-16-9-8-15-11-16/h1-7,11H,8-10H2. The number of fused-ring (bicyclic) bond motifs is 1. The van der Waals surface area contributed by atoms with Gasteiger partial charge in [-0.05, 0) is 28.3 Å². The molecule has 1 aliphatic rings. The summed E-state index contributed by atoms with van der Waals surface area (Å²) in [6.07, 6.45) is 1.94. The molecular weight excluding hydrogens is 228 g/mol. The molecule has 0 radical (unpaired) electrons. The molecular formula is C14H14N2S. The van der Waals surface area contributed by atoms with Crippen molar-refractivity contribution in [3.8, 4) is 0 Å². The van der Waals surface area contributed by atoms with E-state index >= 15 is 0 Å². The van der Waals surface area contributed by atoms with Gasteiger partial charge in [0.1, 0.15) is 0 Å². The Bertz CT molecular complexity index is 545. The second kappa shape index (κ2) is 4.80. The number of nitrogens with zero attached hydrogens (tertiary/aromatic N) is 2. The highest BCUT2D eigenvalue weighted by atomic mass is 32.2. The van der Waals surface area contributed by atoms with E-state index in [2.05, 4.69) is 51.8 Å². The van der Waals surface area contributed by atoms with Crippen LogP contribution in [0.5, 0.6) is 0 Å². The van der Waals surface area contributed by atoms with E-state index in [1.54, 1.807) is 0 Å². The van der Waals surface area contributed by atoms with Crippen LogP contribution in [0.4, 0.5) is 0 Å². The van der Waals surface area contributed by atoms with Crippen LogP contribution < -0.4 is 0 Å². The minimum atomic E-state index is 0.933. The summed E-state index contributed by atoms with van der Waals surface area (Å²) in [4.78, 5) is 4.22. The van der Waals surface area contributed by atoms with E-state index in [1.807, 2.05) is 18.3 Å². The number of rotatable bonds is 3. The summed E-state index contributed by atoms with van der Waals surface area (Å²) in [7, 11) is 0. The average Bonchev–Trinajstić information content (AvgIpc) is 2.89. The lowest BCUT2D eigenvalue weighted by molar-refractivity contribution is 0.747. The van der Waals surface area contributed by atoms with E-state index in [-0.39, 0.29) is 0 Å². The molecule has 3 heteroatoms. The third kappa shape index (κ3) is 2.29. The Morgan fingerprint density at radius 3 is 2.88 bits per heavy atom. The smallest absolute Gasteiger partial charge is 0.0950 e. The van der Waals surface area contributed by atoms with Gasteiger partial charge in [-0.25, -0.2) is 0 Å². The van der Waals surface area contributed by atoms with Crippen LogP contribution in [0.2, 0.25) is 0 Å². The van der Waals surface area contributed by atoms with Crippen LogP contribution in [-0.4, -0.2) is 23.7 Å². The van der Waals surface area contributed by atoms with E-state index in [9.17, 15) is 0 Å². The van der Waals surface area contributed by atoms with Crippen molar-refractivity contribution < 1.29 is 0 Å². The molecule has 86 valence electrons. The lowest BCUT2D eigenvalue weighted by atomic mass is 10.1. The molecule has 0 aliphatic carbocycles. The maximum absolute atomic E-state index is 4.22. The lowest BCUT2D eigenvalue weighted by Crippen LogP contribution is -2.10. The maximum Gasteiger partial charge on any atom is 0.0950 e. The monoisotopic (exact) mass is 242 g/mol. The van der Waals surface area contributed by atoms with Gasteiger partial charge in [0, 0.05) is 5.75 Å². The fourth-order valence-electron chi connectivity index (χ4n) is 2.03. The molecule has 3 rings (SSSR count). The fraction of sp³-hybridized carbons (Fsp3) is 0.214. The van der Waals surface area contributed by atoms with Gasteiger partial charge in [-0.2, -0.15) is 0 Å². The zero-order valence-corrected chi connectivity index (χ0v) is 10.4. The number of hydrogen-bond donors (Lipinski definition) is 0. The minimum Gasteiger partial charge on any atom is -0.305 e. The molecule has 1 heterocycles. The largest absolute Gasteiger partial charge is 0.305 e. The molecule has 0 spiro atoms. The van der Waals surface area contributed by atoms with Crippen molar-refractivity contribution in [3.05, 3.63) is 48.0 Å². The van der Waals surface area contributed by atoms with Crippen molar-refractivity contribution >= 4 is 29.1 Å². The highest BCUT2D eigenvalue weighted by molar-refractivity contribution is 7.96. The highest BCUT2D eigenvalue weighted by Gasteiger charge is 2.07. The first-order valence-corrected chi connectivity index (χ1v) is 6.74. The molecule has 0 atom stereocenters. The Morgan fingerprint density at radius 2 is 2.00 bits per heavy atom. The van der Waals surface area contributed by atoms with Gasteiger partial charge in [0.15, 0.2) is 0 Å². The summed E-state index contributed by atoms with van der Waals surface area (Å²) < 4.78 is 2.21. The number of benzene rings is 2. The molecule has 17 heavy (non-hydrogen) atoms. The van der Waals surface area contributed by atoms with E-state index in [0.29, 0.717) is 0 Å². The summed E-state index contributed by atoms with van der Waals surface area (Å²) in [5.74, 6) is 1.01. The summed E-state index contributed by atoms with van der Waals surface area (Å²) in [5.41, 5.74) is 1.40. The van der Waals surface area contributed by atoms with Gasteiger partial charge in [0.25, 0.3) is 0 Å². The predicted molar refractivity (Wildman–Crippen MR) is 75.3 cm³/mol. The van der Waals surface area contributed by atoms with Crippen LogP contribution in [0, 0.1) is 0 Å². The van der Waals surface area contributed by atoms with E-state index in [0.717, 1.165) is 18.8 Å². The molecule has 2 aromatic rings. The fourth-order valence-corrected chi connectivity index (χ4v) is 2.93. The predicted octanol–water partition coefficient (Wildman–Crippen LogP) is 3.33. The van der Waals surface area contributed by atoms with Crippen molar-refractivity contribution in [3.63, 3.8) is 0 Å². The molecule has 0 amide bonds. The van der Waals surface area contributed by atoms with E-state index in [4.69, 9.17) is 0 Å². The lowest BCUT2D eigenvalue weighted by Gasteiger charge is -2.13. The van der Waals surface area contributed by atoms with Crippen LogP contribution in [0.1, 0.15) is 5.56 Å². The van der Waals surface area contributed by atoms with E-state index in [1.165, 1.54) is 16.3 Å². The van der Waals surface area contributed by atoms with Gasteiger partial charge >= 0.3 is 0 Å². The SMILES string of the molecule is C1=NCCN1SCc1cccc2ccccc12. The summed E-state index contributed by atoms with van der Waals surface area (Å²) in [5, 5.41) is 2.68. The molecule has 0 saturated carbocycles. The quantitative estimate of drug-likeness (QED) is 0.767. The zero-order chi connectivity index (χ0) is 11.5. The van der Waals surface area contributed by atoms with Crippen molar-refractivity contribution in [2.75, 3.05) is 13.1 Å². The van der Waals surface area contributed by atoms with Gasteiger partial charge in [0.2, 0.25) is 0 Å². The first kappa shape index (κ1) is 10.7. The van der Waals surface area contributed by atoms with Gasteiger partial charge < -0.3 is 4.31 Å². The Labute approximate surface area is 105 Å². The normalized spacial score (nSPS) is 14.7. The molecule has 0 saturated heterocycles. The summed E-state index contributed by atoms with van der Waals surface area (Å²) in [6, 6.07) is 15.1. The Kier molecular flexibility index (Phi) is 3.01. The van der Waals surface area contributed by atoms with Gasteiger partial charge in [-0.1, -0.05) is 42.5 Å². The van der Waals surface area contributed by atoms with Crippen molar-refractivity contribution in [2.24, 2.45) is 4.99 Å². The Hall–Kier alpha value is -1.48. The van der Waals surface area contributed by atoms with Crippen LogP contribution in [0.15, 0.2) is 47.5 Å². The average molecular weight is 242 g/mol. The van der Waals surface area contributed by atoms with Gasteiger partial charge in [-0.15, -0.1) is 0 Å². The van der Waals surface area contributed by atoms with Crippen LogP contribution >= 0.6 is 11.9 Å². The minimum absolute atomic E-state index is 0.933. The first-order valence-electron chi connectivity index (χ1n) is 5.80. The number of hydrogen-bond acceptors (Lipinski definition) is 3. The molecule has 0 fully saturated rings. The van der Waals surface area contributed by atoms with Crippen LogP contribution in [0.25, 0.3) is 10.8 Å². The van der Waals surface area contributed by atoms with E-state index < -0.39 is 0 Å². The van der Waals surface area contributed by atoms with Crippen LogP contribution in [0.3, 0.4) is 0 Å². The topological polar surface area (TPSA) is 15.6 Å². The molecule has 1 aliphatic heterocycles. The van der Waals surface area contributed by atoms with Crippen molar-refractivity contribution in [2.45, 2.75) is 5.75 Å². The Morgan fingerprint density at radius 1 is 1.12 bits per heavy atom. The molecule has 2 aromatic carbocycles. The zero-order valence-electron chi connectivity index (χ0n) is 9.54.